The zero-order chi connectivity index (χ0) is 31.9. The first kappa shape index (κ1) is 32.2. The SMILES string of the molecule is C[C@@H]1CN([C@@H](C)CO)C(=O)c2cc(NC(=O)CCN3CCOCC3)ccc2O[C@@H]1CN(C)C(=O)Nc1cccc2ccccc12. The number of nitrogens with one attached hydrogen (secondary N) is 2. The second-order valence-electron chi connectivity index (χ2n) is 11.9. The van der Waals surface area contributed by atoms with Crippen LogP contribution >= 0.6 is 0 Å². The standard InChI is InChI=1S/C34H43N5O6/c1-23-20-39(24(2)22-40)33(42)28-19-26(35-32(41)13-14-38-15-17-44-18-16-38)11-12-30(28)45-31(23)21-37(3)34(43)36-29-10-6-8-25-7-4-5-9-27(25)29/h4-12,19,23-24,31,40H,13-18,20-22H2,1-3H3,(H,35,41)(H,36,43)/t23-,24+,31-/m1/s1. The molecule has 0 bridgehead atoms. The number of hydrogen-bond donors (Lipinski definition) is 3. The Bertz CT molecular complexity index is 1500. The van der Waals surface area contributed by atoms with Gasteiger partial charge in [0.1, 0.15) is 11.9 Å². The summed E-state index contributed by atoms with van der Waals surface area (Å²) < 4.78 is 11.8. The van der Waals surface area contributed by atoms with E-state index in [2.05, 4.69) is 15.5 Å². The fraction of sp³-hybridized carbons (Fsp3) is 0.441. The van der Waals surface area contributed by atoms with E-state index in [-0.39, 0.29) is 36.9 Å². The number of ether oxygens (including phenoxy) is 2. The molecule has 2 aliphatic heterocycles. The summed E-state index contributed by atoms with van der Waals surface area (Å²) in [5.74, 6) is -0.237. The third-order valence-corrected chi connectivity index (χ3v) is 8.54. The molecule has 11 nitrogen and oxygen atoms in total. The number of fused-ring (bicyclic) bond motifs is 2. The molecule has 0 aromatic heterocycles. The Morgan fingerprint density at radius 1 is 1.07 bits per heavy atom. The molecule has 3 N–H and O–H groups in total. The van der Waals surface area contributed by atoms with E-state index in [0.717, 1.165) is 29.5 Å². The number of nitrogens with zero attached hydrogens (tertiary/aromatic N) is 3. The van der Waals surface area contributed by atoms with Crippen molar-refractivity contribution in [1.82, 2.24) is 14.7 Å². The van der Waals surface area contributed by atoms with E-state index < -0.39 is 12.1 Å². The Balaban J connectivity index is 1.31. The number of carbonyl (C=O) groups is 3. The molecule has 4 amide bonds. The minimum absolute atomic E-state index is 0.147. The van der Waals surface area contributed by atoms with Crippen LogP contribution in [-0.4, -0.2) is 109 Å². The van der Waals surface area contributed by atoms with Crippen LogP contribution in [0.3, 0.4) is 0 Å². The molecule has 2 aliphatic rings. The number of likely N-dealkylation sites (N-methyl/N-ethyl adjacent to an activating group) is 1. The molecule has 240 valence electrons. The lowest BCUT2D eigenvalue weighted by Gasteiger charge is -2.38. The molecule has 0 radical (unpaired) electrons. The van der Waals surface area contributed by atoms with E-state index in [4.69, 9.17) is 9.47 Å². The van der Waals surface area contributed by atoms with Crippen LogP contribution in [0.15, 0.2) is 60.7 Å². The number of anilines is 2. The maximum Gasteiger partial charge on any atom is 0.321 e. The summed E-state index contributed by atoms with van der Waals surface area (Å²) in [5, 5.41) is 17.9. The molecule has 45 heavy (non-hydrogen) atoms. The van der Waals surface area contributed by atoms with Crippen LogP contribution in [0.2, 0.25) is 0 Å². The van der Waals surface area contributed by atoms with Crippen molar-refractivity contribution in [3.05, 3.63) is 66.2 Å². The van der Waals surface area contributed by atoms with Crippen molar-refractivity contribution in [3.8, 4) is 5.75 Å². The van der Waals surface area contributed by atoms with E-state index in [9.17, 15) is 19.5 Å². The van der Waals surface area contributed by atoms with Gasteiger partial charge < -0.3 is 35.0 Å². The molecule has 1 saturated heterocycles. The highest BCUT2D eigenvalue weighted by atomic mass is 16.5. The zero-order valence-electron chi connectivity index (χ0n) is 26.2. The fourth-order valence-corrected chi connectivity index (χ4v) is 5.72. The Morgan fingerprint density at radius 2 is 1.82 bits per heavy atom. The number of benzene rings is 3. The molecule has 0 aliphatic carbocycles. The van der Waals surface area contributed by atoms with Gasteiger partial charge in [0.25, 0.3) is 5.91 Å². The van der Waals surface area contributed by atoms with Gasteiger partial charge in [0.15, 0.2) is 0 Å². The van der Waals surface area contributed by atoms with Crippen molar-refractivity contribution in [3.63, 3.8) is 0 Å². The van der Waals surface area contributed by atoms with Crippen LogP contribution in [0.1, 0.15) is 30.6 Å². The van der Waals surface area contributed by atoms with Crippen LogP contribution in [0.5, 0.6) is 5.75 Å². The maximum atomic E-state index is 13.8. The summed E-state index contributed by atoms with van der Waals surface area (Å²) in [6.45, 7) is 7.71. The van der Waals surface area contributed by atoms with Gasteiger partial charge in [0.05, 0.1) is 43.7 Å². The topological polar surface area (TPSA) is 124 Å². The van der Waals surface area contributed by atoms with Gasteiger partial charge in [-0.05, 0) is 36.6 Å². The highest BCUT2D eigenvalue weighted by Crippen LogP contribution is 2.31. The highest BCUT2D eigenvalue weighted by Gasteiger charge is 2.34. The van der Waals surface area contributed by atoms with Crippen LogP contribution in [0, 0.1) is 5.92 Å². The van der Waals surface area contributed by atoms with E-state index in [1.54, 1.807) is 42.0 Å². The maximum absolute atomic E-state index is 13.8. The van der Waals surface area contributed by atoms with Gasteiger partial charge in [-0.15, -0.1) is 0 Å². The highest BCUT2D eigenvalue weighted by molar-refractivity contribution is 6.02. The smallest absolute Gasteiger partial charge is 0.321 e. The molecular formula is C34H43N5O6. The number of urea groups is 1. The Kier molecular flexibility index (Phi) is 10.5. The van der Waals surface area contributed by atoms with Gasteiger partial charge in [-0.3, -0.25) is 14.5 Å². The Morgan fingerprint density at radius 3 is 2.60 bits per heavy atom. The largest absolute Gasteiger partial charge is 0.487 e. The molecular weight excluding hydrogens is 574 g/mol. The van der Waals surface area contributed by atoms with Crippen LogP contribution in [-0.2, 0) is 9.53 Å². The molecule has 0 saturated carbocycles. The van der Waals surface area contributed by atoms with Crippen LogP contribution < -0.4 is 15.4 Å². The lowest BCUT2D eigenvalue weighted by Crippen LogP contribution is -2.50. The van der Waals surface area contributed by atoms with Gasteiger partial charge in [0.2, 0.25) is 5.91 Å². The average Bonchev–Trinajstić information content (AvgIpc) is 3.05. The van der Waals surface area contributed by atoms with Crippen molar-refractivity contribution in [1.29, 1.82) is 0 Å². The third kappa shape index (κ3) is 7.91. The summed E-state index contributed by atoms with van der Waals surface area (Å²) in [5.41, 5.74) is 1.50. The predicted molar refractivity (Wildman–Crippen MR) is 174 cm³/mol. The molecule has 1 fully saturated rings. The summed E-state index contributed by atoms with van der Waals surface area (Å²) in [6, 6.07) is 18.0. The summed E-state index contributed by atoms with van der Waals surface area (Å²) >= 11 is 0. The van der Waals surface area contributed by atoms with Gasteiger partial charge in [0, 0.05) is 56.6 Å². The average molecular weight is 618 g/mol. The first-order valence-corrected chi connectivity index (χ1v) is 15.6. The zero-order valence-corrected chi connectivity index (χ0v) is 26.2. The van der Waals surface area contributed by atoms with Gasteiger partial charge >= 0.3 is 6.03 Å². The van der Waals surface area contributed by atoms with Crippen molar-refractivity contribution in [2.45, 2.75) is 32.4 Å². The number of aliphatic hydroxyl groups is 1. The monoisotopic (exact) mass is 617 g/mol. The molecule has 0 spiro atoms. The van der Waals surface area contributed by atoms with Crippen molar-refractivity contribution in [2.24, 2.45) is 5.92 Å². The second kappa shape index (κ2) is 14.7. The van der Waals surface area contributed by atoms with Crippen molar-refractivity contribution in [2.75, 3.05) is 70.2 Å². The van der Waals surface area contributed by atoms with Crippen molar-refractivity contribution < 1.29 is 29.0 Å². The fourth-order valence-electron chi connectivity index (χ4n) is 5.72. The molecule has 0 unspecified atom stereocenters. The van der Waals surface area contributed by atoms with Gasteiger partial charge in [-0.25, -0.2) is 4.79 Å². The third-order valence-electron chi connectivity index (χ3n) is 8.54. The Labute approximate surface area is 264 Å². The van der Waals surface area contributed by atoms with Crippen molar-refractivity contribution >= 4 is 40.0 Å². The number of hydrogen-bond acceptors (Lipinski definition) is 7. The van der Waals surface area contributed by atoms with E-state index >= 15 is 0 Å². The predicted octanol–water partition coefficient (Wildman–Crippen LogP) is 3.88. The van der Waals surface area contributed by atoms with Gasteiger partial charge in [-0.1, -0.05) is 43.3 Å². The number of morpholine rings is 1. The quantitative estimate of drug-likeness (QED) is 0.333. The molecule has 3 atom stereocenters. The summed E-state index contributed by atoms with van der Waals surface area (Å²) in [7, 11) is 1.71. The Hall–Kier alpha value is -4.19. The molecule has 5 rings (SSSR count). The number of amides is 4. The normalized spacial score (nSPS) is 19.6. The first-order valence-electron chi connectivity index (χ1n) is 15.6. The van der Waals surface area contributed by atoms with Crippen LogP contribution in [0.4, 0.5) is 16.2 Å². The molecule has 3 aromatic carbocycles. The molecule has 2 heterocycles. The van der Waals surface area contributed by atoms with E-state index in [1.165, 1.54) is 0 Å². The number of carbonyl (C=O) groups excluding carboxylic acids is 3. The molecule has 11 heteroatoms. The minimum atomic E-state index is -0.456. The lowest BCUT2D eigenvalue weighted by atomic mass is 9.99. The minimum Gasteiger partial charge on any atom is -0.487 e. The summed E-state index contributed by atoms with van der Waals surface area (Å²) in [6.07, 6.45) is -0.135. The summed E-state index contributed by atoms with van der Waals surface area (Å²) in [4.78, 5) is 45.3. The van der Waals surface area contributed by atoms with Crippen LogP contribution in [0.25, 0.3) is 10.8 Å². The lowest BCUT2D eigenvalue weighted by molar-refractivity contribution is -0.116. The molecule has 3 aromatic rings. The second-order valence-corrected chi connectivity index (χ2v) is 11.9. The first-order chi connectivity index (χ1) is 21.7. The van der Waals surface area contributed by atoms with E-state index in [0.29, 0.717) is 49.7 Å². The number of aliphatic hydroxyl groups excluding tert-OH is 1. The van der Waals surface area contributed by atoms with E-state index in [1.807, 2.05) is 49.4 Å². The van der Waals surface area contributed by atoms with Gasteiger partial charge in [-0.2, -0.15) is 0 Å². The number of rotatable bonds is 9.